The number of aliphatic hydroxyl groups excluding tert-OH is 2. The van der Waals surface area contributed by atoms with Crippen LogP contribution in [0, 0.1) is 0 Å². The van der Waals surface area contributed by atoms with Crippen molar-refractivity contribution in [1.29, 1.82) is 0 Å². The molecular formula is C11H17NO2. The fraction of sp³-hybridized carbons (Fsp3) is 0.455. The molecule has 1 rings (SSSR count). The zero-order valence-corrected chi connectivity index (χ0v) is 8.35. The van der Waals surface area contributed by atoms with Crippen LogP contribution >= 0.6 is 0 Å². The molecule has 0 aliphatic carbocycles. The summed E-state index contributed by atoms with van der Waals surface area (Å²) in [7, 11) is 1.85. The van der Waals surface area contributed by atoms with Gasteiger partial charge in [-0.2, -0.15) is 0 Å². The third-order valence-corrected chi connectivity index (χ3v) is 2.27. The van der Waals surface area contributed by atoms with E-state index >= 15 is 0 Å². The first-order chi connectivity index (χ1) is 6.77. The van der Waals surface area contributed by atoms with E-state index in [1.807, 2.05) is 37.4 Å². The molecule has 14 heavy (non-hydrogen) atoms. The summed E-state index contributed by atoms with van der Waals surface area (Å²) >= 11 is 0. The first-order valence-electron chi connectivity index (χ1n) is 4.79. The Hall–Kier alpha value is -0.900. The van der Waals surface area contributed by atoms with E-state index in [1.54, 1.807) is 0 Å². The molecule has 0 bridgehead atoms. The summed E-state index contributed by atoms with van der Waals surface area (Å²) in [5.74, 6) is 0. The van der Waals surface area contributed by atoms with Crippen molar-refractivity contribution >= 4 is 0 Å². The summed E-state index contributed by atoms with van der Waals surface area (Å²) in [4.78, 5) is 0. The van der Waals surface area contributed by atoms with E-state index in [0.717, 1.165) is 5.56 Å². The van der Waals surface area contributed by atoms with Gasteiger partial charge in [-0.25, -0.2) is 0 Å². The Morgan fingerprint density at radius 3 is 2.43 bits per heavy atom. The minimum absolute atomic E-state index is 0.0957. The highest BCUT2D eigenvalue weighted by molar-refractivity contribution is 5.18. The zero-order valence-electron chi connectivity index (χ0n) is 8.35. The van der Waals surface area contributed by atoms with Crippen molar-refractivity contribution < 1.29 is 10.2 Å². The fourth-order valence-electron chi connectivity index (χ4n) is 1.45. The van der Waals surface area contributed by atoms with Gasteiger partial charge in [0, 0.05) is 6.04 Å². The second-order valence-electron chi connectivity index (χ2n) is 3.32. The molecule has 78 valence electrons. The van der Waals surface area contributed by atoms with Gasteiger partial charge in [0.2, 0.25) is 0 Å². The number of nitrogens with one attached hydrogen (secondary N) is 1. The molecule has 2 atom stereocenters. The monoisotopic (exact) mass is 195 g/mol. The molecule has 0 radical (unpaired) electrons. The van der Waals surface area contributed by atoms with Gasteiger partial charge in [0.25, 0.3) is 0 Å². The molecule has 0 fully saturated rings. The maximum absolute atomic E-state index is 9.33. The molecule has 0 heterocycles. The SMILES string of the molecule is CNC(CC(O)CO)c1ccccc1. The average Bonchev–Trinajstić information content (AvgIpc) is 2.26. The summed E-state index contributed by atoms with van der Waals surface area (Å²) in [6.45, 7) is -0.189. The van der Waals surface area contributed by atoms with E-state index in [4.69, 9.17) is 5.11 Å². The van der Waals surface area contributed by atoms with Gasteiger partial charge in [-0.15, -0.1) is 0 Å². The summed E-state index contributed by atoms with van der Waals surface area (Å²) in [6.07, 6.45) is -0.135. The molecule has 0 amide bonds. The predicted octanol–water partition coefficient (Wildman–Crippen LogP) is 0.690. The van der Waals surface area contributed by atoms with Gasteiger partial charge in [-0.3, -0.25) is 0 Å². The molecule has 3 nitrogen and oxygen atoms in total. The molecule has 0 saturated heterocycles. The second-order valence-corrected chi connectivity index (χ2v) is 3.32. The van der Waals surface area contributed by atoms with E-state index in [2.05, 4.69) is 5.32 Å². The fourth-order valence-corrected chi connectivity index (χ4v) is 1.45. The van der Waals surface area contributed by atoms with Crippen LogP contribution in [0.4, 0.5) is 0 Å². The molecule has 0 aliphatic heterocycles. The maximum atomic E-state index is 9.33. The molecule has 1 aromatic carbocycles. The Kier molecular flexibility index (Phi) is 4.59. The van der Waals surface area contributed by atoms with Crippen LogP contribution in [0.3, 0.4) is 0 Å². The highest BCUT2D eigenvalue weighted by Gasteiger charge is 2.13. The van der Waals surface area contributed by atoms with Crippen LogP contribution in [0.1, 0.15) is 18.0 Å². The number of hydrogen-bond donors (Lipinski definition) is 3. The van der Waals surface area contributed by atoms with Gasteiger partial charge in [-0.1, -0.05) is 30.3 Å². The van der Waals surface area contributed by atoms with E-state index in [0.29, 0.717) is 6.42 Å². The first-order valence-corrected chi connectivity index (χ1v) is 4.79. The average molecular weight is 195 g/mol. The molecule has 2 unspecified atom stereocenters. The highest BCUT2D eigenvalue weighted by atomic mass is 16.3. The molecule has 0 saturated carbocycles. The predicted molar refractivity (Wildman–Crippen MR) is 56.0 cm³/mol. The summed E-state index contributed by atoms with van der Waals surface area (Å²) in [6, 6.07) is 9.99. The van der Waals surface area contributed by atoms with Gasteiger partial charge in [-0.05, 0) is 19.0 Å². The highest BCUT2D eigenvalue weighted by Crippen LogP contribution is 2.17. The lowest BCUT2D eigenvalue weighted by atomic mass is 10.0. The van der Waals surface area contributed by atoms with Gasteiger partial charge >= 0.3 is 0 Å². The third-order valence-electron chi connectivity index (χ3n) is 2.27. The Morgan fingerprint density at radius 2 is 1.93 bits per heavy atom. The maximum Gasteiger partial charge on any atom is 0.0789 e. The van der Waals surface area contributed by atoms with Crippen molar-refractivity contribution in [3.63, 3.8) is 0 Å². The Morgan fingerprint density at radius 1 is 1.29 bits per heavy atom. The number of aliphatic hydroxyl groups is 2. The topological polar surface area (TPSA) is 52.5 Å². The van der Waals surface area contributed by atoms with Crippen LogP contribution in [0.15, 0.2) is 30.3 Å². The lowest BCUT2D eigenvalue weighted by Gasteiger charge is -2.18. The molecule has 0 aliphatic rings. The smallest absolute Gasteiger partial charge is 0.0789 e. The van der Waals surface area contributed by atoms with Gasteiger partial charge in [0.15, 0.2) is 0 Å². The standard InChI is InChI=1S/C11H17NO2/c1-12-11(7-10(14)8-13)9-5-3-2-4-6-9/h2-6,10-14H,7-8H2,1H3. The van der Waals surface area contributed by atoms with Crippen molar-refractivity contribution in [2.24, 2.45) is 0 Å². The number of hydrogen-bond acceptors (Lipinski definition) is 3. The van der Waals surface area contributed by atoms with E-state index < -0.39 is 6.10 Å². The van der Waals surface area contributed by atoms with Gasteiger partial charge < -0.3 is 15.5 Å². The Labute approximate surface area is 84.4 Å². The normalized spacial score (nSPS) is 15.1. The van der Waals surface area contributed by atoms with Crippen LogP contribution in [0.25, 0.3) is 0 Å². The van der Waals surface area contributed by atoms with E-state index in [1.165, 1.54) is 0 Å². The summed E-state index contributed by atoms with van der Waals surface area (Å²) in [5.41, 5.74) is 1.13. The van der Waals surface area contributed by atoms with Crippen molar-refractivity contribution in [2.45, 2.75) is 18.6 Å². The van der Waals surface area contributed by atoms with Crippen LogP contribution in [0.2, 0.25) is 0 Å². The minimum atomic E-state index is -0.660. The lowest BCUT2D eigenvalue weighted by molar-refractivity contribution is 0.0798. The van der Waals surface area contributed by atoms with Crippen molar-refractivity contribution in [1.82, 2.24) is 5.32 Å². The lowest BCUT2D eigenvalue weighted by Crippen LogP contribution is -2.24. The summed E-state index contributed by atoms with van der Waals surface area (Å²) in [5, 5.41) is 21.2. The summed E-state index contributed by atoms with van der Waals surface area (Å²) < 4.78 is 0. The van der Waals surface area contributed by atoms with Crippen LogP contribution in [-0.2, 0) is 0 Å². The first kappa shape index (κ1) is 11.2. The Balaban J connectivity index is 2.63. The van der Waals surface area contributed by atoms with Crippen LogP contribution < -0.4 is 5.32 Å². The number of rotatable bonds is 5. The molecule has 0 aromatic heterocycles. The zero-order chi connectivity index (χ0) is 10.4. The van der Waals surface area contributed by atoms with Crippen LogP contribution in [0.5, 0.6) is 0 Å². The molecule has 3 N–H and O–H groups in total. The quantitative estimate of drug-likeness (QED) is 0.648. The van der Waals surface area contributed by atoms with Crippen molar-refractivity contribution in [3.05, 3.63) is 35.9 Å². The third kappa shape index (κ3) is 3.10. The Bertz CT molecular complexity index is 251. The van der Waals surface area contributed by atoms with Gasteiger partial charge in [0.05, 0.1) is 12.7 Å². The van der Waals surface area contributed by atoms with Crippen molar-refractivity contribution in [3.8, 4) is 0 Å². The molecule has 0 spiro atoms. The second kappa shape index (κ2) is 5.75. The van der Waals surface area contributed by atoms with E-state index in [-0.39, 0.29) is 12.6 Å². The van der Waals surface area contributed by atoms with Crippen LogP contribution in [-0.4, -0.2) is 30.0 Å². The minimum Gasteiger partial charge on any atom is -0.394 e. The van der Waals surface area contributed by atoms with E-state index in [9.17, 15) is 5.11 Å². The van der Waals surface area contributed by atoms with Crippen molar-refractivity contribution in [2.75, 3.05) is 13.7 Å². The van der Waals surface area contributed by atoms with Gasteiger partial charge in [0.1, 0.15) is 0 Å². The molecule has 3 heteroatoms. The number of benzene rings is 1. The largest absolute Gasteiger partial charge is 0.394 e. The molecular weight excluding hydrogens is 178 g/mol. The molecule has 1 aromatic rings.